The minimum Gasteiger partial charge on any atom is -0.378 e. The largest absolute Gasteiger partial charge is 0.378 e. The average molecular weight is 427 g/mol. The summed E-state index contributed by atoms with van der Waals surface area (Å²) < 4.78 is 0. The molecule has 0 saturated heterocycles. The Morgan fingerprint density at radius 1 is 0.906 bits per heavy atom. The van der Waals surface area contributed by atoms with Crippen molar-refractivity contribution in [2.24, 2.45) is 5.92 Å². The summed E-state index contributed by atoms with van der Waals surface area (Å²) in [5, 5.41) is 3.74. The van der Waals surface area contributed by atoms with Crippen LogP contribution in [-0.2, 0) is 6.42 Å². The number of nitrogens with zero attached hydrogens (tertiary/aromatic N) is 1. The highest BCUT2D eigenvalue weighted by Gasteiger charge is 2.40. The van der Waals surface area contributed by atoms with Crippen LogP contribution in [0.1, 0.15) is 67.6 Å². The van der Waals surface area contributed by atoms with Crippen molar-refractivity contribution < 1.29 is 4.79 Å². The van der Waals surface area contributed by atoms with E-state index in [9.17, 15) is 4.79 Å². The Bertz CT molecular complexity index is 1030. The van der Waals surface area contributed by atoms with E-state index < -0.39 is 0 Å². The van der Waals surface area contributed by atoms with Crippen LogP contribution in [0.5, 0.6) is 0 Å². The molecule has 32 heavy (non-hydrogen) atoms. The van der Waals surface area contributed by atoms with Crippen LogP contribution in [0, 0.1) is 5.92 Å². The number of carbonyl (C=O) groups excluding carboxylic acids is 1. The first kappa shape index (κ1) is 22.1. The highest BCUT2D eigenvalue weighted by atomic mass is 16.2. The molecule has 1 aliphatic heterocycles. The number of fused-ring (bicyclic) bond motifs is 1. The molecule has 1 heterocycles. The lowest BCUT2D eigenvalue weighted by atomic mass is 9.80. The Morgan fingerprint density at radius 3 is 2.28 bits per heavy atom. The van der Waals surface area contributed by atoms with E-state index in [2.05, 4.69) is 80.7 Å². The molecule has 0 bridgehead atoms. The van der Waals surface area contributed by atoms with Gasteiger partial charge in [-0.3, -0.25) is 4.79 Å². The lowest BCUT2D eigenvalue weighted by molar-refractivity contribution is 0.0960. The van der Waals surface area contributed by atoms with Crippen LogP contribution in [-0.4, -0.2) is 11.9 Å². The Kier molecular flexibility index (Phi) is 6.94. The second-order valence-corrected chi connectivity index (χ2v) is 8.86. The van der Waals surface area contributed by atoms with E-state index in [1.165, 1.54) is 24.0 Å². The zero-order valence-electron chi connectivity index (χ0n) is 19.4. The molecule has 0 saturated carbocycles. The highest BCUT2D eigenvalue weighted by molar-refractivity contribution is 6.07. The average Bonchev–Trinajstić information content (AvgIpc) is 2.84. The van der Waals surface area contributed by atoms with Crippen molar-refractivity contribution in [3.63, 3.8) is 0 Å². The first-order valence-corrected chi connectivity index (χ1v) is 12.0. The van der Waals surface area contributed by atoms with Crippen LogP contribution < -0.4 is 10.2 Å². The van der Waals surface area contributed by atoms with Gasteiger partial charge in [0.25, 0.3) is 5.91 Å². The van der Waals surface area contributed by atoms with Gasteiger partial charge in [-0.25, -0.2) is 0 Å². The van der Waals surface area contributed by atoms with Crippen LogP contribution in [0.15, 0.2) is 78.9 Å². The van der Waals surface area contributed by atoms with Crippen molar-refractivity contribution in [2.45, 2.75) is 58.5 Å². The van der Waals surface area contributed by atoms with Crippen molar-refractivity contribution in [3.8, 4) is 0 Å². The third-order valence-electron chi connectivity index (χ3n) is 6.75. The summed E-state index contributed by atoms with van der Waals surface area (Å²) in [6.45, 7) is 6.65. The van der Waals surface area contributed by atoms with Gasteiger partial charge in [0.2, 0.25) is 0 Å². The number of hydrogen-bond donors (Lipinski definition) is 1. The molecule has 1 N–H and O–H groups in total. The molecule has 0 aromatic heterocycles. The first-order valence-electron chi connectivity index (χ1n) is 12.0. The van der Waals surface area contributed by atoms with Crippen LogP contribution >= 0.6 is 0 Å². The third-order valence-corrected chi connectivity index (χ3v) is 6.75. The van der Waals surface area contributed by atoms with Crippen LogP contribution in [0.25, 0.3) is 0 Å². The number of amides is 1. The number of hydrogen-bond acceptors (Lipinski definition) is 2. The van der Waals surface area contributed by atoms with Crippen molar-refractivity contribution in [2.75, 3.05) is 10.2 Å². The van der Waals surface area contributed by atoms with Gasteiger partial charge in [0.1, 0.15) is 0 Å². The second kappa shape index (κ2) is 10.0. The Morgan fingerprint density at radius 2 is 1.59 bits per heavy atom. The standard InChI is InChI=1S/C29H34N2O/c1-4-6-12-22-17-19-23(20-18-22)29(32)31-26(5-2)21(3)28(25-15-10-11-16-27(25)31)30-24-13-8-7-9-14-24/h7-11,13-21,26,28,30H,4-6,12H2,1-3H3/t21-,26-,28-/m0/s1. The van der Waals surface area contributed by atoms with E-state index in [1.807, 2.05) is 29.2 Å². The number of aryl methyl sites for hydroxylation is 1. The van der Waals surface area contributed by atoms with Gasteiger partial charge in [0.15, 0.2) is 0 Å². The van der Waals surface area contributed by atoms with Crippen LogP contribution in [0.2, 0.25) is 0 Å². The fourth-order valence-corrected chi connectivity index (χ4v) is 4.96. The Hall–Kier alpha value is -3.07. The summed E-state index contributed by atoms with van der Waals surface area (Å²) in [5.74, 6) is 0.360. The number of benzene rings is 3. The van der Waals surface area contributed by atoms with Gasteiger partial charge in [-0.15, -0.1) is 0 Å². The first-order chi connectivity index (χ1) is 15.6. The molecule has 0 aliphatic carbocycles. The van der Waals surface area contributed by atoms with Crippen molar-refractivity contribution in [3.05, 3.63) is 95.6 Å². The van der Waals surface area contributed by atoms with E-state index in [0.717, 1.165) is 29.8 Å². The number of nitrogens with one attached hydrogen (secondary N) is 1. The predicted octanol–water partition coefficient (Wildman–Crippen LogP) is 7.26. The molecular weight excluding hydrogens is 392 g/mol. The second-order valence-electron chi connectivity index (χ2n) is 8.86. The molecular formula is C29H34N2O. The van der Waals surface area contributed by atoms with Crippen LogP contribution in [0.3, 0.4) is 0 Å². The predicted molar refractivity (Wildman–Crippen MR) is 134 cm³/mol. The van der Waals surface area contributed by atoms with Gasteiger partial charge < -0.3 is 10.2 Å². The minimum absolute atomic E-state index is 0.0938. The SMILES string of the molecule is CCCCc1ccc(C(=O)N2c3ccccc3[C@@H](Nc3ccccc3)[C@@H](C)[C@@H]2CC)cc1. The molecule has 4 rings (SSSR count). The van der Waals surface area contributed by atoms with Crippen molar-refractivity contribution in [1.29, 1.82) is 0 Å². The van der Waals surface area contributed by atoms with E-state index in [0.29, 0.717) is 0 Å². The van der Waals surface area contributed by atoms with E-state index in [-0.39, 0.29) is 23.9 Å². The van der Waals surface area contributed by atoms with Gasteiger partial charge >= 0.3 is 0 Å². The molecule has 0 unspecified atom stereocenters. The zero-order valence-corrected chi connectivity index (χ0v) is 19.4. The molecule has 3 aromatic rings. The lowest BCUT2D eigenvalue weighted by Crippen LogP contribution is -2.50. The number of rotatable bonds is 7. The smallest absolute Gasteiger partial charge is 0.258 e. The van der Waals surface area contributed by atoms with Crippen molar-refractivity contribution >= 4 is 17.3 Å². The van der Waals surface area contributed by atoms with E-state index in [4.69, 9.17) is 0 Å². The van der Waals surface area contributed by atoms with E-state index in [1.54, 1.807) is 0 Å². The minimum atomic E-state index is 0.0938. The third kappa shape index (κ3) is 4.43. The van der Waals surface area contributed by atoms with Gasteiger partial charge in [-0.1, -0.05) is 75.7 Å². The maximum atomic E-state index is 13.8. The number of carbonyl (C=O) groups is 1. The fraction of sp³-hybridized carbons (Fsp3) is 0.345. The Labute approximate surface area is 192 Å². The maximum absolute atomic E-state index is 13.8. The molecule has 3 heteroatoms. The molecule has 1 amide bonds. The molecule has 3 nitrogen and oxygen atoms in total. The van der Waals surface area contributed by atoms with Gasteiger partial charge in [-0.05, 0) is 60.7 Å². The van der Waals surface area contributed by atoms with Gasteiger partial charge in [0, 0.05) is 28.9 Å². The molecule has 0 spiro atoms. The molecule has 3 aromatic carbocycles. The van der Waals surface area contributed by atoms with Crippen LogP contribution in [0.4, 0.5) is 11.4 Å². The quantitative estimate of drug-likeness (QED) is 0.431. The molecule has 0 radical (unpaired) electrons. The van der Waals surface area contributed by atoms with Gasteiger partial charge in [0.05, 0.1) is 6.04 Å². The summed E-state index contributed by atoms with van der Waals surface area (Å²) in [4.78, 5) is 15.8. The molecule has 3 atom stereocenters. The summed E-state index contributed by atoms with van der Waals surface area (Å²) in [6, 6.07) is 27.2. The van der Waals surface area contributed by atoms with Crippen molar-refractivity contribution in [1.82, 2.24) is 0 Å². The normalized spacial score (nSPS) is 20.0. The zero-order chi connectivity index (χ0) is 22.5. The summed E-state index contributed by atoms with van der Waals surface area (Å²) in [6.07, 6.45) is 4.33. The summed E-state index contributed by atoms with van der Waals surface area (Å²) in [5.41, 5.74) is 5.37. The fourth-order valence-electron chi connectivity index (χ4n) is 4.96. The summed E-state index contributed by atoms with van der Waals surface area (Å²) in [7, 11) is 0. The number of unbranched alkanes of at least 4 members (excludes halogenated alkanes) is 1. The van der Waals surface area contributed by atoms with E-state index >= 15 is 0 Å². The molecule has 0 fully saturated rings. The number of para-hydroxylation sites is 2. The molecule has 166 valence electrons. The maximum Gasteiger partial charge on any atom is 0.258 e. The highest BCUT2D eigenvalue weighted by Crippen LogP contribution is 2.43. The Balaban J connectivity index is 1.68. The molecule has 1 aliphatic rings. The van der Waals surface area contributed by atoms with Gasteiger partial charge in [-0.2, -0.15) is 0 Å². The topological polar surface area (TPSA) is 32.3 Å². The summed E-state index contributed by atoms with van der Waals surface area (Å²) >= 11 is 0. The number of anilines is 2. The lowest BCUT2D eigenvalue weighted by Gasteiger charge is -2.45. The monoisotopic (exact) mass is 426 g/mol.